The fourth-order valence-corrected chi connectivity index (χ4v) is 5.03. The SMILES string of the molecule is CN(c1ccccc1)S(C)(=O)=NS(=O)(=O)c1ccc(Cl)cc1. The molecule has 0 N–H and O–H groups in total. The first kappa shape index (κ1) is 16.8. The molecule has 0 aliphatic heterocycles. The summed E-state index contributed by atoms with van der Waals surface area (Å²) in [6.45, 7) is 0. The second-order valence-electron chi connectivity index (χ2n) is 4.60. The van der Waals surface area contributed by atoms with Gasteiger partial charge < -0.3 is 0 Å². The van der Waals surface area contributed by atoms with Crippen LogP contribution in [0.3, 0.4) is 0 Å². The molecule has 22 heavy (non-hydrogen) atoms. The maximum absolute atomic E-state index is 12.7. The molecule has 0 spiro atoms. The molecule has 2 aromatic rings. The van der Waals surface area contributed by atoms with Gasteiger partial charge in [-0.25, -0.2) is 4.21 Å². The van der Waals surface area contributed by atoms with Crippen molar-refractivity contribution in [2.75, 3.05) is 17.6 Å². The molecular weight excluding hydrogens is 344 g/mol. The molecule has 0 heterocycles. The molecule has 2 rings (SSSR count). The van der Waals surface area contributed by atoms with E-state index in [1.54, 1.807) is 31.3 Å². The Morgan fingerprint density at radius 2 is 1.50 bits per heavy atom. The molecule has 0 bridgehead atoms. The van der Waals surface area contributed by atoms with Crippen molar-refractivity contribution < 1.29 is 12.6 Å². The number of para-hydroxylation sites is 1. The van der Waals surface area contributed by atoms with Crippen LogP contribution in [0, 0.1) is 0 Å². The minimum Gasteiger partial charge on any atom is -0.288 e. The highest BCUT2D eigenvalue weighted by atomic mass is 35.5. The minimum atomic E-state index is -4.04. The topological polar surface area (TPSA) is 66.8 Å². The normalized spacial score (nSPS) is 14.1. The molecule has 0 fully saturated rings. The lowest BCUT2D eigenvalue weighted by atomic mass is 10.3. The smallest absolute Gasteiger partial charge is 0.288 e. The van der Waals surface area contributed by atoms with Crippen LogP contribution in [0.5, 0.6) is 0 Å². The number of hydrogen-bond donors (Lipinski definition) is 0. The van der Waals surface area contributed by atoms with Gasteiger partial charge >= 0.3 is 0 Å². The lowest BCUT2D eigenvalue weighted by Gasteiger charge is -2.20. The van der Waals surface area contributed by atoms with Gasteiger partial charge in [0.25, 0.3) is 10.0 Å². The molecule has 0 aliphatic carbocycles. The van der Waals surface area contributed by atoms with Gasteiger partial charge in [-0.05, 0) is 36.4 Å². The summed E-state index contributed by atoms with van der Waals surface area (Å²) in [5.41, 5.74) is 0.616. The van der Waals surface area contributed by atoms with Crippen LogP contribution in [0.15, 0.2) is 63.3 Å². The number of benzene rings is 2. The molecule has 1 unspecified atom stereocenters. The third kappa shape index (κ3) is 3.79. The Labute approximate surface area is 135 Å². The van der Waals surface area contributed by atoms with Crippen molar-refractivity contribution >= 4 is 37.2 Å². The van der Waals surface area contributed by atoms with Crippen molar-refractivity contribution in [1.29, 1.82) is 0 Å². The third-order valence-electron chi connectivity index (χ3n) is 2.98. The maximum Gasteiger partial charge on any atom is 0.291 e. The monoisotopic (exact) mass is 358 g/mol. The zero-order chi connectivity index (χ0) is 16.4. The molecule has 0 radical (unpaired) electrons. The number of halogens is 1. The van der Waals surface area contributed by atoms with Gasteiger partial charge in [-0.2, -0.15) is 8.42 Å². The van der Waals surface area contributed by atoms with E-state index >= 15 is 0 Å². The van der Waals surface area contributed by atoms with Crippen LogP contribution in [0.4, 0.5) is 5.69 Å². The average molecular weight is 359 g/mol. The quantitative estimate of drug-likeness (QED) is 0.843. The van der Waals surface area contributed by atoms with Gasteiger partial charge in [0.2, 0.25) is 0 Å². The first-order valence-corrected chi connectivity index (χ1v) is 9.95. The summed E-state index contributed by atoms with van der Waals surface area (Å²) in [6.07, 6.45) is 1.29. The van der Waals surface area contributed by atoms with E-state index in [2.05, 4.69) is 3.77 Å². The van der Waals surface area contributed by atoms with Crippen molar-refractivity contribution in [3.05, 3.63) is 59.6 Å². The van der Waals surface area contributed by atoms with Crippen molar-refractivity contribution in [1.82, 2.24) is 0 Å². The second-order valence-corrected chi connectivity index (χ2v) is 9.13. The summed E-state index contributed by atoms with van der Waals surface area (Å²) >= 11 is 5.74. The number of hydrogen-bond acceptors (Lipinski definition) is 3. The Morgan fingerprint density at radius 1 is 0.955 bits per heavy atom. The molecular formula is C14H15ClN2O3S2. The van der Waals surface area contributed by atoms with Crippen molar-refractivity contribution in [2.45, 2.75) is 4.90 Å². The second kappa shape index (κ2) is 6.28. The number of rotatable bonds is 4. The Kier molecular flexibility index (Phi) is 4.79. The number of nitrogens with zero attached hydrogens (tertiary/aromatic N) is 2. The molecule has 0 saturated heterocycles. The van der Waals surface area contributed by atoms with E-state index in [1.165, 1.54) is 34.8 Å². The van der Waals surface area contributed by atoms with Gasteiger partial charge in [-0.3, -0.25) is 4.31 Å². The van der Waals surface area contributed by atoms with Crippen LogP contribution in [0.2, 0.25) is 5.02 Å². The van der Waals surface area contributed by atoms with E-state index in [0.29, 0.717) is 10.7 Å². The van der Waals surface area contributed by atoms with Gasteiger partial charge in [0.1, 0.15) is 9.92 Å². The molecule has 0 saturated carbocycles. The van der Waals surface area contributed by atoms with Crippen molar-refractivity contribution in [3.63, 3.8) is 0 Å². The molecule has 0 aliphatic rings. The van der Waals surface area contributed by atoms with Crippen molar-refractivity contribution in [2.24, 2.45) is 3.77 Å². The predicted octanol–water partition coefficient (Wildman–Crippen LogP) is 3.18. The van der Waals surface area contributed by atoms with E-state index in [1.807, 2.05) is 6.07 Å². The van der Waals surface area contributed by atoms with Crippen LogP contribution in [0.25, 0.3) is 0 Å². The van der Waals surface area contributed by atoms with E-state index in [9.17, 15) is 12.6 Å². The van der Waals surface area contributed by atoms with Gasteiger partial charge in [-0.1, -0.05) is 33.6 Å². The Bertz CT molecular complexity index is 872. The number of anilines is 1. The first-order valence-electron chi connectivity index (χ1n) is 6.25. The maximum atomic E-state index is 12.7. The van der Waals surface area contributed by atoms with Gasteiger partial charge in [0.05, 0.1) is 4.90 Å². The van der Waals surface area contributed by atoms with Crippen LogP contribution < -0.4 is 4.31 Å². The summed E-state index contributed by atoms with van der Waals surface area (Å²) in [7, 11) is -5.64. The van der Waals surface area contributed by atoms with Crippen LogP contribution in [-0.4, -0.2) is 25.9 Å². The highest BCUT2D eigenvalue weighted by Crippen LogP contribution is 2.21. The highest BCUT2D eigenvalue weighted by Gasteiger charge is 2.19. The van der Waals surface area contributed by atoms with E-state index < -0.39 is 19.9 Å². The summed E-state index contributed by atoms with van der Waals surface area (Å²) in [5.74, 6) is 0. The first-order chi connectivity index (χ1) is 10.2. The number of sulfonamides is 1. The summed E-state index contributed by atoms with van der Waals surface area (Å²) in [6, 6.07) is 14.4. The summed E-state index contributed by atoms with van der Waals surface area (Å²) < 4.78 is 42.2. The highest BCUT2D eigenvalue weighted by molar-refractivity contribution is 8.03. The fraction of sp³-hybridized carbons (Fsp3) is 0.143. The van der Waals surface area contributed by atoms with E-state index in [0.717, 1.165) is 0 Å². The molecule has 5 nitrogen and oxygen atoms in total. The molecule has 2 aromatic carbocycles. The van der Waals surface area contributed by atoms with E-state index in [-0.39, 0.29) is 4.90 Å². The fourth-order valence-electron chi connectivity index (χ4n) is 1.72. The Balaban J connectivity index is 2.45. The van der Waals surface area contributed by atoms with Crippen LogP contribution in [-0.2, 0) is 19.9 Å². The summed E-state index contributed by atoms with van der Waals surface area (Å²) in [4.78, 5) is -0.0482. The molecule has 0 aromatic heterocycles. The van der Waals surface area contributed by atoms with Crippen LogP contribution >= 0.6 is 11.6 Å². The molecule has 1 atom stereocenters. The Morgan fingerprint density at radius 3 is 2.05 bits per heavy atom. The molecule has 0 amide bonds. The summed E-state index contributed by atoms with van der Waals surface area (Å²) in [5, 5.41) is 0.414. The van der Waals surface area contributed by atoms with Crippen molar-refractivity contribution in [3.8, 4) is 0 Å². The molecule has 8 heteroatoms. The standard InChI is InChI=1S/C14H15ClN2O3S2/c1-17(13-6-4-3-5-7-13)21(2,18)16-22(19,20)14-10-8-12(15)9-11-14/h3-11H,1-2H3. The average Bonchev–Trinajstić information content (AvgIpc) is 2.46. The lowest BCUT2D eigenvalue weighted by molar-refractivity contribution is 0.598. The largest absolute Gasteiger partial charge is 0.291 e. The zero-order valence-corrected chi connectivity index (χ0v) is 14.4. The Hall–Kier alpha value is -1.57. The van der Waals surface area contributed by atoms with Gasteiger partial charge in [-0.15, -0.1) is 0 Å². The van der Waals surface area contributed by atoms with E-state index in [4.69, 9.17) is 11.6 Å². The predicted molar refractivity (Wildman–Crippen MR) is 90.0 cm³/mol. The lowest BCUT2D eigenvalue weighted by Crippen LogP contribution is -2.25. The van der Waals surface area contributed by atoms with Gasteiger partial charge in [0.15, 0.2) is 0 Å². The van der Waals surface area contributed by atoms with Crippen LogP contribution in [0.1, 0.15) is 0 Å². The molecule has 118 valence electrons. The third-order valence-corrected chi connectivity index (χ3v) is 7.21. The minimum absolute atomic E-state index is 0.0482. The van der Waals surface area contributed by atoms with Gasteiger partial charge in [0, 0.05) is 24.0 Å². The zero-order valence-electron chi connectivity index (χ0n) is 12.0.